The average Bonchev–Trinajstić information content (AvgIpc) is 3.22. The molecule has 11 nitrogen and oxygen atoms in total. The molecule has 56 heavy (non-hydrogen) atoms. The fourth-order valence-corrected chi connectivity index (χ4v) is 8.90. The first-order chi connectivity index (χ1) is 27.3. The number of primary amides is 1. The molecule has 0 bridgehead atoms. The second-order valence-corrected chi connectivity index (χ2v) is 15.4. The molecule has 2 saturated heterocycles. The predicted molar refractivity (Wildman–Crippen MR) is 225 cm³/mol. The van der Waals surface area contributed by atoms with E-state index in [0.717, 1.165) is 120 Å². The number of likely N-dealkylation sites (tertiary alicyclic amines) is 2. The zero-order valence-electron chi connectivity index (χ0n) is 33.6. The van der Waals surface area contributed by atoms with Crippen molar-refractivity contribution in [3.8, 4) is 5.75 Å². The second kappa shape index (κ2) is 19.4. The van der Waals surface area contributed by atoms with Crippen molar-refractivity contribution in [2.75, 3.05) is 56.6 Å². The number of rotatable bonds is 18. The van der Waals surface area contributed by atoms with E-state index in [1.54, 1.807) is 7.11 Å². The van der Waals surface area contributed by atoms with Crippen LogP contribution in [0.2, 0.25) is 0 Å². The van der Waals surface area contributed by atoms with E-state index in [4.69, 9.17) is 15.5 Å². The number of nitrogens with zero attached hydrogens (tertiary/aromatic N) is 4. The number of carbonyl (C=O) groups is 3. The number of carbonyl (C=O) groups excluding carboxylic acids is 3. The van der Waals surface area contributed by atoms with Crippen LogP contribution in [0.25, 0.3) is 0 Å². The topological polar surface area (TPSA) is 133 Å². The Morgan fingerprint density at radius 3 is 2.30 bits per heavy atom. The summed E-state index contributed by atoms with van der Waals surface area (Å²) in [7, 11) is 1.67. The van der Waals surface area contributed by atoms with Crippen molar-refractivity contribution in [1.82, 2.24) is 15.1 Å². The molecule has 3 heterocycles. The molecule has 2 amide bonds. The van der Waals surface area contributed by atoms with Crippen LogP contribution in [0.15, 0.2) is 71.7 Å². The molecule has 3 aromatic carbocycles. The third-order valence-electron chi connectivity index (χ3n) is 11.9. The van der Waals surface area contributed by atoms with Crippen LogP contribution in [0.3, 0.4) is 0 Å². The summed E-state index contributed by atoms with van der Waals surface area (Å²) in [5.74, 6) is -0.670. The molecule has 300 valence electrons. The van der Waals surface area contributed by atoms with Crippen molar-refractivity contribution < 1.29 is 19.1 Å². The van der Waals surface area contributed by atoms with Gasteiger partial charge in [0.2, 0.25) is 5.91 Å². The summed E-state index contributed by atoms with van der Waals surface area (Å²) in [6, 6.07) is 22.5. The van der Waals surface area contributed by atoms with Crippen LogP contribution in [-0.4, -0.2) is 86.0 Å². The molecular formula is C45H61N7O4. The van der Waals surface area contributed by atoms with Gasteiger partial charge < -0.3 is 30.8 Å². The minimum Gasteiger partial charge on any atom is -0.494 e. The summed E-state index contributed by atoms with van der Waals surface area (Å²) in [5, 5.41) is 7.19. The number of nitrogens with two attached hydrogens (primary N) is 1. The maximum atomic E-state index is 14.0. The van der Waals surface area contributed by atoms with Gasteiger partial charge in [-0.25, -0.2) is 0 Å². The summed E-state index contributed by atoms with van der Waals surface area (Å²) >= 11 is 0. The van der Waals surface area contributed by atoms with E-state index in [1.807, 2.05) is 36.4 Å². The first-order valence-corrected chi connectivity index (χ1v) is 20.8. The van der Waals surface area contributed by atoms with Gasteiger partial charge in [0.15, 0.2) is 0 Å². The molecule has 0 aliphatic carbocycles. The van der Waals surface area contributed by atoms with Crippen LogP contribution in [0.5, 0.6) is 5.75 Å². The fraction of sp³-hybridized carbons (Fsp3) is 0.511. The first kappa shape index (κ1) is 40.9. The molecule has 11 heteroatoms. The minimum atomic E-state index is -1.07. The van der Waals surface area contributed by atoms with E-state index < -0.39 is 17.5 Å². The SMILES string of the molecule is CCN(CC)c1cc(OC)c2c(c1)C(Nc1ccc(C(=O)NC3CCN(Cc4ccccc4)CC3)cc1)(N1CCCCC1)C(C(N)=O)C(CCCCCC=O)=N2. The number of anilines is 2. The van der Waals surface area contributed by atoms with Gasteiger partial charge in [0.25, 0.3) is 5.91 Å². The van der Waals surface area contributed by atoms with Crippen molar-refractivity contribution in [3.05, 3.63) is 83.4 Å². The molecule has 3 aliphatic heterocycles. The van der Waals surface area contributed by atoms with E-state index in [-0.39, 0.29) is 11.9 Å². The quantitative estimate of drug-likeness (QED) is 0.0931. The Morgan fingerprint density at radius 1 is 0.946 bits per heavy atom. The average molecular weight is 764 g/mol. The number of nitrogens with one attached hydrogen (secondary N) is 2. The lowest BCUT2D eigenvalue weighted by Crippen LogP contribution is -2.64. The number of hydrogen-bond acceptors (Lipinski definition) is 9. The Balaban J connectivity index is 1.32. The third-order valence-corrected chi connectivity index (χ3v) is 11.9. The lowest BCUT2D eigenvalue weighted by atomic mass is 9.74. The van der Waals surface area contributed by atoms with Gasteiger partial charge in [-0.15, -0.1) is 0 Å². The van der Waals surface area contributed by atoms with Crippen LogP contribution in [0, 0.1) is 5.92 Å². The number of aldehydes is 1. The van der Waals surface area contributed by atoms with Crippen LogP contribution >= 0.6 is 0 Å². The van der Waals surface area contributed by atoms with Crippen molar-refractivity contribution in [3.63, 3.8) is 0 Å². The van der Waals surface area contributed by atoms with Crippen LogP contribution < -0.4 is 26.0 Å². The molecule has 0 saturated carbocycles. The number of ether oxygens (including phenoxy) is 1. The van der Waals surface area contributed by atoms with Crippen LogP contribution in [0.4, 0.5) is 17.1 Å². The lowest BCUT2D eigenvalue weighted by Gasteiger charge is -2.52. The Labute approximate surface area is 333 Å². The van der Waals surface area contributed by atoms with E-state index >= 15 is 0 Å². The highest BCUT2D eigenvalue weighted by atomic mass is 16.5. The van der Waals surface area contributed by atoms with Crippen molar-refractivity contribution in [2.24, 2.45) is 16.6 Å². The van der Waals surface area contributed by atoms with E-state index in [1.165, 1.54) is 5.56 Å². The van der Waals surface area contributed by atoms with Crippen molar-refractivity contribution >= 4 is 40.9 Å². The van der Waals surface area contributed by atoms with Gasteiger partial charge in [-0.3, -0.25) is 24.4 Å². The number of piperidine rings is 2. The molecule has 0 aromatic heterocycles. The smallest absolute Gasteiger partial charge is 0.251 e. The molecule has 3 aromatic rings. The Hall–Kier alpha value is -4.74. The normalized spacial score (nSPS) is 20.4. The summed E-state index contributed by atoms with van der Waals surface area (Å²) in [6.07, 6.45) is 9.33. The summed E-state index contributed by atoms with van der Waals surface area (Å²) in [6.45, 7) is 10.2. The maximum absolute atomic E-state index is 14.0. The molecule has 4 N–H and O–H groups in total. The third kappa shape index (κ3) is 9.27. The van der Waals surface area contributed by atoms with Gasteiger partial charge in [-0.2, -0.15) is 0 Å². The van der Waals surface area contributed by atoms with Crippen LogP contribution in [-0.2, 0) is 21.8 Å². The Bertz CT molecular complexity index is 1800. The number of amides is 2. The molecule has 0 radical (unpaired) electrons. The fourth-order valence-electron chi connectivity index (χ4n) is 8.90. The Kier molecular flexibility index (Phi) is 14.2. The lowest BCUT2D eigenvalue weighted by molar-refractivity contribution is -0.124. The summed E-state index contributed by atoms with van der Waals surface area (Å²) < 4.78 is 6.08. The standard InChI is InChI=1S/C45H61N7O4/c1-4-51(5-2)37-30-38-42(40(31-37)56-3)48-39(18-12-6-7-15-29-53)41(43(46)54)45(38,52-25-13-9-14-26-52)49-36-21-19-34(20-22-36)44(55)47-35-23-27-50(28-24-35)32-33-16-10-8-11-17-33/h8,10-11,16-17,19-22,29-31,35,41,49H,4-7,9,12-15,18,23-28,32H2,1-3H3,(H2,46,54)(H,47,55). The minimum absolute atomic E-state index is 0.0839. The van der Waals surface area contributed by atoms with Gasteiger partial charge in [-0.05, 0) is 94.7 Å². The zero-order chi connectivity index (χ0) is 39.5. The highest BCUT2D eigenvalue weighted by molar-refractivity contribution is 6.08. The van der Waals surface area contributed by atoms with E-state index in [2.05, 4.69) is 69.5 Å². The van der Waals surface area contributed by atoms with Crippen molar-refractivity contribution in [1.29, 1.82) is 0 Å². The molecular weight excluding hydrogens is 703 g/mol. The number of unbranched alkanes of at least 4 members (excludes halogenated alkanes) is 3. The molecule has 2 fully saturated rings. The van der Waals surface area contributed by atoms with E-state index in [0.29, 0.717) is 35.6 Å². The highest BCUT2D eigenvalue weighted by Crippen LogP contribution is 2.52. The number of benzene rings is 3. The van der Waals surface area contributed by atoms with Crippen LogP contribution in [0.1, 0.15) is 99.5 Å². The number of aliphatic imine (C=N–C) groups is 1. The molecule has 2 unspecified atom stereocenters. The van der Waals surface area contributed by atoms with Gasteiger partial charge in [-0.1, -0.05) is 43.2 Å². The van der Waals surface area contributed by atoms with Crippen molar-refractivity contribution in [2.45, 2.75) is 96.3 Å². The van der Waals surface area contributed by atoms with Gasteiger partial charge in [0, 0.05) is 92.6 Å². The number of methoxy groups -OCH3 is 1. The molecule has 6 rings (SSSR count). The Morgan fingerprint density at radius 2 is 1.66 bits per heavy atom. The summed E-state index contributed by atoms with van der Waals surface area (Å²) in [4.78, 5) is 51.0. The molecule has 2 atom stereocenters. The predicted octanol–water partition coefficient (Wildman–Crippen LogP) is 7.02. The van der Waals surface area contributed by atoms with Gasteiger partial charge in [0.05, 0.1) is 7.11 Å². The molecule has 0 spiro atoms. The highest BCUT2D eigenvalue weighted by Gasteiger charge is 2.54. The largest absolute Gasteiger partial charge is 0.494 e. The summed E-state index contributed by atoms with van der Waals surface area (Å²) in [5.41, 5.74) is 11.4. The van der Waals surface area contributed by atoms with E-state index in [9.17, 15) is 14.4 Å². The maximum Gasteiger partial charge on any atom is 0.251 e. The number of fused-ring (bicyclic) bond motifs is 1. The monoisotopic (exact) mass is 763 g/mol. The first-order valence-electron chi connectivity index (χ1n) is 20.8. The molecule has 3 aliphatic rings. The van der Waals surface area contributed by atoms with Gasteiger partial charge in [0.1, 0.15) is 29.3 Å². The zero-order valence-corrected chi connectivity index (χ0v) is 33.6. The van der Waals surface area contributed by atoms with Gasteiger partial charge >= 0.3 is 0 Å². The second-order valence-electron chi connectivity index (χ2n) is 15.4. The number of hydrogen-bond donors (Lipinski definition) is 3.